The van der Waals surface area contributed by atoms with Crippen LogP contribution in [0, 0.1) is 0 Å². The Labute approximate surface area is 137 Å². The quantitative estimate of drug-likeness (QED) is 0.764. The molecule has 2 aromatic heterocycles. The van der Waals surface area contributed by atoms with Crippen molar-refractivity contribution in [1.82, 2.24) is 9.78 Å². The van der Waals surface area contributed by atoms with Crippen LogP contribution in [0.4, 0.5) is 5.69 Å². The Morgan fingerprint density at radius 3 is 2.68 bits per heavy atom. The average Bonchev–Trinajstić information content (AvgIpc) is 3.13. The number of hydrogen-bond donors (Lipinski definition) is 1. The van der Waals surface area contributed by atoms with Gasteiger partial charge < -0.3 is 0 Å². The van der Waals surface area contributed by atoms with E-state index in [2.05, 4.69) is 9.82 Å². The summed E-state index contributed by atoms with van der Waals surface area (Å²) < 4.78 is 28.7. The molecule has 3 aromatic rings. The van der Waals surface area contributed by atoms with Crippen LogP contribution in [0.1, 0.15) is 5.56 Å². The van der Waals surface area contributed by atoms with Crippen LogP contribution < -0.4 is 4.72 Å². The van der Waals surface area contributed by atoms with E-state index in [0.717, 1.165) is 5.56 Å². The third kappa shape index (κ3) is 3.49. The fourth-order valence-corrected chi connectivity index (χ4v) is 4.05. The van der Waals surface area contributed by atoms with Crippen molar-refractivity contribution in [2.24, 2.45) is 0 Å². The van der Waals surface area contributed by atoms with Gasteiger partial charge in [-0.05, 0) is 29.1 Å². The fourth-order valence-electron chi connectivity index (χ4n) is 1.90. The minimum absolute atomic E-state index is 0.276. The third-order valence-electron chi connectivity index (χ3n) is 2.90. The first-order valence-corrected chi connectivity index (χ1v) is 9.10. The highest BCUT2D eigenvalue weighted by Gasteiger charge is 2.15. The van der Waals surface area contributed by atoms with E-state index in [4.69, 9.17) is 11.6 Å². The van der Waals surface area contributed by atoms with Gasteiger partial charge in [0.1, 0.15) is 4.21 Å². The molecule has 1 aromatic carbocycles. The molecule has 5 nitrogen and oxygen atoms in total. The summed E-state index contributed by atoms with van der Waals surface area (Å²) in [4.78, 5) is 0. The number of nitrogens with zero attached hydrogens (tertiary/aromatic N) is 2. The minimum atomic E-state index is -3.54. The summed E-state index contributed by atoms with van der Waals surface area (Å²) in [5.41, 5.74) is 1.46. The molecule has 8 heteroatoms. The zero-order valence-electron chi connectivity index (χ0n) is 11.3. The van der Waals surface area contributed by atoms with E-state index < -0.39 is 10.0 Å². The molecule has 0 atom stereocenters. The van der Waals surface area contributed by atoms with Crippen molar-refractivity contribution in [2.75, 3.05) is 4.72 Å². The number of rotatable bonds is 5. The summed E-state index contributed by atoms with van der Waals surface area (Å²) in [7, 11) is -3.54. The maximum Gasteiger partial charge on any atom is 0.271 e. The molecule has 114 valence electrons. The third-order valence-corrected chi connectivity index (χ3v) is 5.93. The maximum atomic E-state index is 12.1. The highest BCUT2D eigenvalue weighted by Crippen LogP contribution is 2.20. The van der Waals surface area contributed by atoms with Gasteiger partial charge in [0.05, 0.1) is 18.4 Å². The van der Waals surface area contributed by atoms with E-state index >= 15 is 0 Å². The first kappa shape index (κ1) is 15.1. The number of halogens is 1. The first-order chi connectivity index (χ1) is 10.5. The zero-order chi connectivity index (χ0) is 15.6. The van der Waals surface area contributed by atoms with Crippen LogP contribution in [0.5, 0.6) is 0 Å². The summed E-state index contributed by atoms with van der Waals surface area (Å²) in [6, 6.07) is 10.7. The molecule has 0 aliphatic carbocycles. The zero-order valence-corrected chi connectivity index (χ0v) is 13.7. The van der Waals surface area contributed by atoms with Gasteiger partial charge in [-0.25, -0.2) is 8.42 Å². The number of benzene rings is 1. The largest absolute Gasteiger partial charge is 0.276 e. The van der Waals surface area contributed by atoms with E-state index in [1.54, 1.807) is 40.5 Å². The van der Waals surface area contributed by atoms with Gasteiger partial charge in [0.2, 0.25) is 0 Å². The molecule has 0 aliphatic rings. The summed E-state index contributed by atoms with van der Waals surface area (Å²) in [6.07, 6.45) is 3.14. The Balaban J connectivity index is 1.73. The average molecular weight is 354 g/mol. The summed E-state index contributed by atoms with van der Waals surface area (Å²) in [5.74, 6) is 0. The summed E-state index contributed by atoms with van der Waals surface area (Å²) in [5, 5.41) is 6.55. The van der Waals surface area contributed by atoms with E-state index in [1.165, 1.54) is 17.5 Å². The molecule has 0 amide bonds. The lowest BCUT2D eigenvalue weighted by Crippen LogP contribution is -2.10. The normalized spacial score (nSPS) is 11.5. The standard InChI is InChI=1S/C14H12ClN3O2S2/c15-12-5-3-11(4-6-12)9-18-10-13(8-16-18)17-22(19,20)14-2-1-7-21-14/h1-8,10,17H,9H2. The number of thiophene rings is 1. The van der Waals surface area contributed by atoms with Gasteiger partial charge in [0.15, 0.2) is 0 Å². The van der Waals surface area contributed by atoms with Crippen molar-refractivity contribution in [3.8, 4) is 0 Å². The van der Waals surface area contributed by atoms with Crippen LogP contribution in [0.3, 0.4) is 0 Å². The molecule has 0 saturated carbocycles. The predicted molar refractivity (Wildman–Crippen MR) is 87.9 cm³/mol. The van der Waals surface area contributed by atoms with Gasteiger partial charge in [0, 0.05) is 11.2 Å². The molecule has 1 N–H and O–H groups in total. The van der Waals surface area contributed by atoms with Gasteiger partial charge in [0.25, 0.3) is 10.0 Å². The van der Waals surface area contributed by atoms with Crippen LogP contribution in [-0.4, -0.2) is 18.2 Å². The van der Waals surface area contributed by atoms with Gasteiger partial charge in [-0.1, -0.05) is 29.8 Å². The SMILES string of the molecule is O=S(=O)(Nc1cnn(Cc2ccc(Cl)cc2)c1)c1cccs1. The van der Waals surface area contributed by atoms with E-state index in [1.807, 2.05) is 12.1 Å². The Morgan fingerprint density at radius 2 is 2.00 bits per heavy atom. The second-order valence-corrected chi connectivity index (χ2v) is 7.88. The molecule has 0 fully saturated rings. The molecule has 0 spiro atoms. The van der Waals surface area contributed by atoms with Crippen molar-refractivity contribution in [2.45, 2.75) is 10.8 Å². The highest BCUT2D eigenvalue weighted by molar-refractivity contribution is 7.94. The van der Waals surface area contributed by atoms with Crippen LogP contribution in [-0.2, 0) is 16.6 Å². The first-order valence-electron chi connectivity index (χ1n) is 6.36. The number of anilines is 1. The van der Waals surface area contributed by atoms with Crippen molar-refractivity contribution < 1.29 is 8.42 Å². The lowest BCUT2D eigenvalue weighted by atomic mass is 10.2. The van der Waals surface area contributed by atoms with Gasteiger partial charge in [-0.2, -0.15) is 5.10 Å². The molecule has 2 heterocycles. The smallest absolute Gasteiger partial charge is 0.271 e. The molecule has 0 bridgehead atoms. The lowest BCUT2D eigenvalue weighted by Gasteiger charge is -2.03. The van der Waals surface area contributed by atoms with Crippen molar-refractivity contribution >= 4 is 38.6 Å². The Bertz CT molecular complexity index is 856. The van der Waals surface area contributed by atoms with Crippen molar-refractivity contribution in [3.05, 3.63) is 64.8 Å². The maximum absolute atomic E-state index is 12.1. The van der Waals surface area contributed by atoms with E-state index in [-0.39, 0.29) is 4.21 Å². The number of nitrogens with one attached hydrogen (secondary N) is 1. The molecular weight excluding hydrogens is 342 g/mol. The fraction of sp³-hybridized carbons (Fsp3) is 0.0714. The molecule has 3 rings (SSSR count). The van der Waals surface area contributed by atoms with Crippen molar-refractivity contribution in [1.29, 1.82) is 0 Å². The van der Waals surface area contributed by atoms with Crippen LogP contribution in [0.25, 0.3) is 0 Å². The number of sulfonamides is 1. The van der Waals surface area contributed by atoms with Gasteiger partial charge >= 0.3 is 0 Å². The Hall–Kier alpha value is -1.83. The van der Waals surface area contributed by atoms with Crippen LogP contribution >= 0.6 is 22.9 Å². The molecule has 0 saturated heterocycles. The lowest BCUT2D eigenvalue weighted by molar-refractivity contribution is 0.603. The van der Waals surface area contributed by atoms with Gasteiger partial charge in [-0.3, -0.25) is 9.40 Å². The topological polar surface area (TPSA) is 64.0 Å². The summed E-state index contributed by atoms with van der Waals surface area (Å²) >= 11 is 7.01. The molecule has 22 heavy (non-hydrogen) atoms. The second kappa shape index (κ2) is 6.12. The summed E-state index contributed by atoms with van der Waals surface area (Å²) in [6.45, 7) is 0.540. The Kier molecular flexibility index (Phi) is 4.19. The molecule has 0 aliphatic heterocycles. The molecule has 0 radical (unpaired) electrons. The molecular formula is C14H12ClN3O2S2. The van der Waals surface area contributed by atoms with Crippen LogP contribution in [0.15, 0.2) is 58.4 Å². The van der Waals surface area contributed by atoms with Crippen molar-refractivity contribution in [3.63, 3.8) is 0 Å². The monoisotopic (exact) mass is 353 g/mol. The number of hydrogen-bond acceptors (Lipinski definition) is 4. The molecule has 0 unspecified atom stereocenters. The van der Waals surface area contributed by atoms with E-state index in [0.29, 0.717) is 17.3 Å². The number of aromatic nitrogens is 2. The Morgan fingerprint density at radius 1 is 1.23 bits per heavy atom. The predicted octanol–water partition coefficient (Wildman–Crippen LogP) is 3.45. The van der Waals surface area contributed by atoms with E-state index in [9.17, 15) is 8.42 Å². The second-order valence-electron chi connectivity index (χ2n) is 4.59. The highest BCUT2D eigenvalue weighted by atomic mass is 35.5. The van der Waals surface area contributed by atoms with Crippen LogP contribution in [0.2, 0.25) is 5.02 Å². The van der Waals surface area contributed by atoms with Gasteiger partial charge in [-0.15, -0.1) is 11.3 Å². The minimum Gasteiger partial charge on any atom is -0.276 e.